The lowest BCUT2D eigenvalue weighted by Crippen LogP contribution is -2.44. The van der Waals surface area contributed by atoms with Gasteiger partial charge in [-0.2, -0.15) is 0 Å². The van der Waals surface area contributed by atoms with Gasteiger partial charge in [-0.3, -0.25) is 0 Å². The Balaban J connectivity index is 1.94. The Hall–Kier alpha value is -1.44. The lowest BCUT2D eigenvalue weighted by Gasteiger charge is -2.29. The van der Waals surface area contributed by atoms with Crippen molar-refractivity contribution in [2.24, 2.45) is 5.41 Å². The highest BCUT2D eigenvalue weighted by Gasteiger charge is 2.40. The fourth-order valence-corrected chi connectivity index (χ4v) is 4.60. The van der Waals surface area contributed by atoms with E-state index in [1.807, 2.05) is 6.92 Å². The minimum Gasteiger partial charge on any atom is -0.396 e. The molecule has 1 aliphatic rings. The predicted octanol–water partition coefficient (Wildman–Crippen LogP) is 1.39. The monoisotopic (exact) mass is 309 g/mol. The van der Waals surface area contributed by atoms with Crippen LogP contribution < -0.4 is 4.72 Å². The maximum atomic E-state index is 12.6. The molecule has 1 aliphatic carbocycles. The van der Waals surface area contributed by atoms with E-state index in [0.717, 1.165) is 19.3 Å². The minimum atomic E-state index is -3.64. The van der Waals surface area contributed by atoms with Gasteiger partial charge in [0.25, 0.3) is 0 Å². The third-order valence-corrected chi connectivity index (χ3v) is 5.95. The van der Waals surface area contributed by atoms with Crippen LogP contribution in [0.5, 0.6) is 0 Å². The second-order valence-electron chi connectivity index (χ2n) is 5.93. The number of hydrogen-bond donors (Lipinski definition) is 3. The van der Waals surface area contributed by atoms with Crippen LogP contribution in [0.15, 0.2) is 29.4 Å². The molecule has 2 atom stereocenters. The fourth-order valence-electron chi connectivity index (χ4n) is 3.03. The van der Waals surface area contributed by atoms with E-state index >= 15 is 0 Å². The van der Waals surface area contributed by atoms with E-state index in [0.29, 0.717) is 11.0 Å². The zero-order chi connectivity index (χ0) is 15.1. The Morgan fingerprint density at radius 3 is 3.14 bits per heavy atom. The van der Waals surface area contributed by atoms with Crippen molar-refractivity contribution in [3.05, 3.63) is 24.5 Å². The molecule has 21 heavy (non-hydrogen) atoms. The van der Waals surface area contributed by atoms with Crippen LogP contribution in [0.2, 0.25) is 0 Å². The average Bonchev–Trinajstić information content (AvgIpc) is 3.04. The molecule has 1 saturated carbocycles. The lowest BCUT2D eigenvalue weighted by atomic mass is 9.86. The molecule has 3 N–H and O–H groups in total. The van der Waals surface area contributed by atoms with Crippen molar-refractivity contribution in [3.8, 4) is 0 Å². The number of aromatic amines is 1. The first kappa shape index (κ1) is 14.5. The van der Waals surface area contributed by atoms with Gasteiger partial charge in [0.2, 0.25) is 10.0 Å². The first-order valence-corrected chi connectivity index (χ1v) is 8.50. The van der Waals surface area contributed by atoms with E-state index in [1.54, 1.807) is 18.3 Å². The number of H-pyrrole nitrogens is 1. The third kappa shape index (κ3) is 2.45. The number of pyridine rings is 1. The van der Waals surface area contributed by atoms with Gasteiger partial charge in [0.1, 0.15) is 10.5 Å². The SMILES string of the molecule is CC1(CO)CCCC1NS(=O)(=O)c1c[nH]c2ncccc12. The van der Waals surface area contributed by atoms with Gasteiger partial charge in [0.15, 0.2) is 0 Å². The smallest absolute Gasteiger partial charge is 0.243 e. The van der Waals surface area contributed by atoms with Crippen LogP contribution in [-0.4, -0.2) is 36.1 Å². The summed E-state index contributed by atoms with van der Waals surface area (Å²) in [4.78, 5) is 7.18. The number of hydrogen-bond acceptors (Lipinski definition) is 4. The van der Waals surface area contributed by atoms with Crippen molar-refractivity contribution in [3.63, 3.8) is 0 Å². The quantitative estimate of drug-likeness (QED) is 0.795. The lowest BCUT2D eigenvalue weighted by molar-refractivity contribution is 0.127. The van der Waals surface area contributed by atoms with Crippen molar-refractivity contribution in [2.75, 3.05) is 6.61 Å². The number of rotatable bonds is 4. The number of nitrogens with one attached hydrogen (secondary N) is 2. The molecule has 2 aromatic rings. The summed E-state index contributed by atoms with van der Waals surface area (Å²) in [5.74, 6) is 0. The van der Waals surface area contributed by atoms with E-state index in [1.165, 1.54) is 6.20 Å². The van der Waals surface area contributed by atoms with Gasteiger partial charge >= 0.3 is 0 Å². The Bertz CT molecular complexity index is 756. The molecular formula is C14H19N3O3S. The zero-order valence-electron chi connectivity index (χ0n) is 11.8. The fraction of sp³-hybridized carbons (Fsp3) is 0.500. The standard InChI is InChI=1S/C14H19N3O3S/c1-14(9-18)6-2-5-12(14)17-21(19,20)11-8-16-13-10(11)4-3-7-15-13/h3-4,7-8,12,17-18H,2,5-6,9H2,1H3,(H,15,16). The maximum absolute atomic E-state index is 12.6. The van der Waals surface area contributed by atoms with Crippen molar-refractivity contribution < 1.29 is 13.5 Å². The molecule has 3 rings (SSSR count). The highest BCUT2D eigenvalue weighted by molar-refractivity contribution is 7.89. The van der Waals surface area contributed by atoms with E-state index in [9.17, 15) is 13.5 Å². The molecule has 0 amide bonds. The summed E-state index contributed by atoms with van der Waals surface area (Å²) < 4.78 is 28.0. The van der Waals surface area contributed by atoms with E-state index < -0.39 is 15.4 Å². The predicted molar refractivity (Wildman–Crippen MR) is 79.2 cm³/mol. The largest absolute Gasteiger partial charge is 0.396 e. The molecule has 0 bridgehead atoms. The molecular weight excluding hydrogens is 290 g/mol. The molecule has 0 saturated heterocycles. The highest BCUT2D eigenvalue weighted by atomic mass is 32.2. The molecule has 1 fully saturated rings. The van der Waals surface area contributed by atoms with Crippen LogP contribution >= 0.6 is 0 Å². The van der Waals surface area contributed by atoms with Crippen LogP contribution in [0.25, 0.3) is 11.0 Å². The number of aliphatic hydroxyl groups is 1. The van der Waals surface area contributed by atoms with E-state index in [4.69, 9.17) is 0 Å². The first-order valence-electron chi connectivity index (χ1n) is 7.02. The molecule has 114 valence electrons. The molecule has 2 unspecified atom stereocenters. The zero-order valence-corrected chi connectivity index (χ0v) is 12.7. The maximum Gasteiger partial charge on any atom is 0.243 e. The number of aliphatic hydroxyl groups excluding tert-OH is 1. The average molecular weight is 309 g/mol. The Morgan fingerprint density at radius 2 is 2.38 bits per heavy atom. The Kier molecular flexibility index (Phi) is 3.51. The first-order chi connectivity index (χ1) is 9.96. The van der Waals surface area contributed by atoms with Gasteiger partial charge in [0, 0.05) is 35.8 Å². The summed E-state index contributed by atoms with van der Waals surface area (Å²) in [7, 11) is -3.64. The minimum absolute atomic E-state index is 0.0182. The number of nitrogens with zero attached hydrogens (tertiary/aromatic N) is 1. The molecule has 2 aromatic heterocycles. The van der Waals surface area contributed by atoms with E-state index in [2.05, 4.69) is 14.7 Å². The van der Waals surface area contributed by atoms with Gasteiger partial charge in [0.05, 0.1) is 0 Å². The highest BCUT2D eigenvalue weighted by Crippen LogP contribution is 2.38. The van der Waals surface area contributed by atoms with Crippen LogP contribution in [0.4, 0.5) is 0 Å². The molecule has 0 aliphatic heterocycles. The van der Waals surface area contributed by atoms with Gasteiger partial charge < -0.3 is 10.1 Å². The topological polar surface area (TPSA) is 95.1 Å². The summed E-state index contributed by atoms with van der Waals surface area (Å²) in [6.45, 7) is 1.90. The number of aromatic nitrogens is 2. The summed E-state index contributed by atoms with van der Waals surface area (Å²) in [5.41, 5.74) is 0.159. The Labute approximate surface area is 123 Å². The van der Waals surface area contributed by atoms with Crippen LogP contribution in [0.1, 0.15) is 26.2 Å². The number of fused-ring (bicyclic) bond motifs is 1. The molecule has 7 heteroatoms. The van der Waals surface area contributed by atoms with Crippen molar-refractivity contribution in [2.45, 2.75) is 37.1 Å². The third-order valence-electron chi connectivity index (χ3n) is 4.44. The molecule has 0 aromatic carbocycles. The Morgan fingerprint density at radius 1 is 1.57 bits per heavy atom. The summed E-state index contributed by atoms with van der Waals surface area (Å²) in [6.07, 6.45) is 5.57. The molecule has 0 radical (unpaired) electrons. The van der Waals surface area contributed by atoms with Gasteiger partial charge in [-0.25, -0.2) is 18.1 Å². The second-order valence-corrected chi connectivity index (χ2v) is 7.61. The van der Waals surface area contributed by atoms with Crippen LogP contribution in [0.3, 0.4) is 0 Å². The van der Waals surface area contributed by atoms with Crippen LogP contribution in [-0.2, 0) is 10.0 Å². The van der Waals surface area contributed by atoms with Gasteiger partial charge in [-0.05, 0) is 25.0 Å². The normalized spacial score (nSPS) is 26.5. The van der Waals surface area contributed by atoms with Crippen molar-refractivity contribution >= 4 is 21.1 Å². The van der Waals surface area contributed by atoms with Gasteiger partial charge in [-0.1, -0.05) is 13.3 Å². The second kappa shape index (κ2) is 5.08. The summed E-state index contributed by atoms with van der Waals surface area (Å²) in [6, 6.07) is 3.20. The van der Waals surface area contributed by atoms with Crippen molar-refractivity contribution in [1.29, 1.82) is 0 Å². The summed E-state index contributed by atoms with van der Waals surface area (Å²) >= 11 is 0. The molecule has 6 nitrogen and oxygen atoms in total. The summed E-state index contributed by atoms with van der Waals surface area (Å²) in [5, 5.41) is 10.1. The van der Waals surface area contributed by atoms with Crippen molar-refractivity contribution in [1.82, 2.24) is 14.7 Å². The van der Waals surface area contributed by atoms with Crippen LogP contribution in [0, 0.1) is 5.41 Å². The van der Waals surface area contributed by atoms with Gasteiger partial charge in [-0.15, -0.1) is 0 Å². The number of sulfonamides is 1. The molecule has 0 spiro atoms. The van der Waals surface area contributed by atoms with E-state index in [-0.39, 0.29) is 17.5 Å². The molecule has 2 heterocycles.